The first-order valence-electron chi connectivity index (χ1n) is 9.08. The number of hydrogen-bond donors (Lipinski definition) is 0. The summed E-state index contributed by atoms with van der Waals surface area (Å²) in [6.07, 6.45) is 3.71. The predicted molar refractivity (Wildman–Crippen MR) is 98.9 cm³/mol. The van der Waals surface area contributed by atoms with Gasteiger partial charge in [0.2, 0.25) is 11.5 Å². The van der Waals surface area contributed by atoms with Crippen LogP contribution in [-0.4, -0.2) is 44.8 Å². The van der Waals surface area contributed by atoms with Crippen LogP contribution in [-0.2, 0) is 25.4 Å². The minimum atomic E-state index is -0.277. The lowest BCUT2D eigenvalue weighted by atomic mass is 9.72. The van der Waals surface area contributed by atoms with Crippen LogP contribution in [0.4, 0.5) is 5.69 Å². The van der Waals surface area contributed by atoms with Crippen molar-refractivity contribution in [2.75, 3.05) is 24.5 Å². The number of anilines is 1. The zero-order valence-electron chi connectivity index (χ0n) is 15.6. The third-order valence-electron chi connectivity index (χ3n) is 5.68. The van der Waals surface area contributed by atoms with Crippen LogP contribution in [0.25, 0.3) is 0 Å². The van der Waals surface area contributed by atoms with E-state index < -0.39 is 0 Å². The summed E-state index contributed by atoms with van der Waals surface area (Å²) in [6, 6.07) is 5.37. The maximum atomic E-state index is 13.0. The first-order valence-corrected chi connectivity index (χ1v) is 9.08. The predicted octanol–water partition coefficient (Wildman–Crippen LogP) is 1.06. The SMILES string of the molecule is Cc1cc(CN2CCC[C@@]3(C2)CN(c2ccc(=O)n(C)c2)C3=O)n(C)n1. The van der Waals surface area contributed by atoms with Crippen molar-refractivity contribution in [3.8, 4) is 0 Å². The summed E-state index contributed by atoms with van der Waals surface area (Å²) in [7, 11) is 3.68. The van der Waals surface area contributed by atoms with E-state index in [4.69, 9.17) is 0 Å². The number of aryl methyl sites for hydroxylation is 3. The summed E-state index contributed by atoms with van der Waals surface area (Å²) in [5.41, 5.74) is 2.67. The van der Waals surface area contributed by atoms with Gasteiger partial charge in [-0.3, -0.25) is 19.2 Å². The topological polar surface area (TPSA) is 63.4 Å². The van der Waals surface area contributed by atoms with Crippen LogP contribution in [0.2, 0.25) is 0 Å². The summed E-state index contributed by atoms with van der Waals surface area (Å²) < 4.78 is 3.45. The molecule has 1 spiro atoms. The van der Waals surface area contributed by atoms with Gasteiger partial charge in [-0.2, -0.15) is 5.10 Å². The van der Waals surface area contributed by atoms with Crippen molar-refractivity contribution in [1.29, 1.82) is 0 Å². The molecule has 7 nitrogen and oxygen atoms in total. The number of carbonyl (C=O) groups is 1. The van der Waals surface area contributed by atoms with Crippen molar-refractivity contribution in [2.45, 2.75) is 26.3 Å². The number of likely N-dealkylation sites (tertiary alicyclic amines) is 1. The molecule has 1 amide bonds. The molecule has 2 aromatic rings. The van der Waals surface area contributed by atoms with E-state index in [9.17, 15) is 9.59 Å². The molecule has 2 fully saturated rings. The average molecular weight is 355 g/mol. The number of β-lactam (4-membered cyclic amide) rings is 1. The van der Waals surface area contributed by atoms with Crippen LogP contribution < -0.4 is 10.5 Å². The van der Waals surface area contributed by atoms with Crippen molar-refractivity contribution < 1.29 is 4.79 Å². The van der Waals surface area contributed by atoms with E-state index in [1.54, 1.807) is 24.2 Å². The Morgan fingerprint density at radius 2 is 2.00 bits per heavy atom. The van der Waals surface area contributed by atoms with Gasteiger partial charge in [-0.15, -0.1) is 0 Å². The van der Waals surface area contributed by atoms with Crippen LogP contribution in [0, 0.1) is 12.3 Å². The van der Waals surface area contributed by atoms with Crippen molar-refractivity contribution in [2.24, 2.45) is 19.5 Å². The van der Waals surface area contributed by atoms with E-state index in [1.807, 2.05) is 18.7 Å². The molecule has 7 heteroatoms. The standard InChI is InChI=1S/C19H25N5O2/c1-14-9-16(22(3)20-14)11-23-8-4-7-19(12-23)13-24(18(19)26)15-5-6-17(25)21(2)10-15/h5-6,9-10H,4,7-8,11-13H2,1-3H3/t19-/m1/s1. The van der Waals surface area contributed by atoms with Gasteiger partial charge in [0.15, 0.2) is 0 Å². The van der Waals surface area contributed by atoms with Crippen molar-refractivity contribution in [3.05, 3.63) is 46.1 Å². The number of pyridine rings is 1. The fourth-order valence-corrected chi connectivity index (χ4v) is 4.29. The Labute approximate surface area is 152 Å². The minimum absolute atomic E-state index is 0.0632. The Balaban J connectivity index is 1.47. The average Bonchev–Trinajstić information content (AvgIpc) is 2.92. The molecule has 0 radical (unpaired) electrons. The molecule has 4 heterocycles. The first kappa shape index (κ1) is 17.0. The largest absolute Gasteiger partial charge is 0.317 e. The van der Waals surface area contributed by atoms with Crippen molar-refractivity contribution in [1.82, 2.24) is 19.2 Å². The first-order chi connectivity index (χ1) is 12.4. The molecule has 0 bridgehead atoms. The third-order valence-corrected chi connectivity index (χ3v) is 5.68. The van der Waals surface area contributed by atoms with Gasteiger partial charge in [-0.05, 0) is 38.4 Å². The van der Waals surface area contributed by atoms with E-state index in [2.05, 4.69) is 16.1 Å². The molecule has 26 heavy (non-hydrogen) atoms. The maximum Gasteiger partial charge on any atom is 0.250 e. The van der Waals surface area contributed by atoms with E-state index in [-0.39, 0.29) is 16.9 Å². The smallest absolute Gasteiger partial charge is 0.250 e. The lowest BCUT2D eigenvalue weighted by molar-refractivity contribution is -0.139. The van der Waals surface area contributed by atoms with Gasteiger partial charge in [0, 0.05) is 46.0 Å². The highest BCUT2D eigenvalue weighted by Crippen LogP contribution is 2.42. The second kappa shape index (κ2) is 6.09. The van der Waals surface area contributed by atoms with Gasteiger partial charge in [0.05, 0.1) is 22.5 Å². The van der Waals surface area contributed by atoms with Crippen LogP contribution in [0.3, 0.4) is 0 Å². The van der Waals surface area contributed by atoms with Gasteiger partial charge in [0.1, 0.15) is 0 Å². The Morgan fingerprint density at radius 3 is 2.65 bits per heavy atom. The van der Waals surface area contributed by atoms with Crippen molar-refractivity contribution in [3.63, 3.8) is 0 Å². The fraction of sp³-hybridized carbons (Fsp3) is 0.526. The van der Waals surface area contributed by atoms with Gasteiger partial charge >= 0.3 is 0 Å². The lowest BCUT2D eigenvalue weighted by Crippen LogP contribution is -2.67. The molecule has 2 aromatic heterocycles. The number of rotatable bonds is 3. The van der Waals surface area contributed by atoms with Gasteiger partial charge < -0.3 is 9.47 Å². The van der Waals surface area contributed by atoms with Gasteiger partial charge in [0.25, 0.3) is 0 Å². The molecular formula is C19H25N5O2. The molecular weight excluding hydrogens is 330 g/mol. The van der Waals surface area contributed by atoms with E-state index in [0.717, 1.165) is 50.4 Å². The molecule has 2 aliphatic rings. The van der Waals surface area contributed by atoms with Crippen LogP contribution in [0.5, 0.6) is 0 Å². The van der Waals surface area contributed by atoms with Crippen molar-refractivity contribution >= 4 is 11.6 Å². The quantitative estimate of drug-likeness (QED) is 0.773. The fourth-order valence-electron chi connectivity index (χ4n) is 4.29. The molecule has 2 saturated heterocycles. The summed E-state index contributed by atoms with van der Waals surface area (Å²) in [6.45, 7) is 5.36. The highest BCUT2D eigenvalue weighted by atomic mass is 16.2. The second-order valence-corrected chi connectivity index (χ2v) is 7.72. The zero-order valence-corrected chi connectivity index (χ0v) is 15.6. The summed E-state index contributed by atoms with van der Waals surface area (Å²) in [5, 5.41) is 4.42. The Morgan fingerprint density at radius 1 is 1.19 bits per heavy atom. The van der Waals surface area contributed by atoms with Crippen LogP contribution >= 0.6 is 0 Å². The molecule has 2 aliphatic heterocycles. The Kier molecular flexibility index (Phi) is 3.99. The summed E-state index contributed by atoms with van der Waals surface area (Å²) >= 11 is 0. The Bertz CT molecular complexity index is 915. The van der Waals surface area contributed by atoms with Crippen LogP contribution in [0.1, 0.15) is 24.2 Å². The number of amides is 1. The maximum absolute atomic E-state index is 13.0. The minimum Gasteiger partial charge on any atom is -0.317 e. The molecule has 0 saturated carbocycles. The molecule has 0 aromatic carbocycles. The second-order valence-electron chi connectivity index (χ2n) is 7.72. The van der Waals surface area contributed by atoms with E-state index in [1.165, 1.54) is 16.3 Å². The summed E-state index contributed by atoms with van der Waals surface area (Å²) in [5.74, 6) is 0.182. The lowest BCUT2D eigenvalue weighted by Gasteiger charge is -2.53. The number of aromatic nitrogens is 3. The number of carbonyl (C=O) groups excluding carboxylic acids is 1. The Hall–Kier alpha value is -2.41. The molecule has 0 aliphatic carbocycles. The molecule has 4 rings (SSSR count). The van der Waals surface area contributed by atoms with Gasteiger partial charge in [-0.1, -0.05) is 0 Å². The van der Waals surface area contributed by atoms with Crippen LogP contribution in [0.15, 0.2) is 29.2 Å². The number of nitrogens with zero attached hydrogens (tertiary/aromatic N) is 5. The molecule has 138 valence electrons. The monoisotopic (exact) mass is 355 g/mol. The highest BCUT2D eigenvalue weighted by molar-refractivity contribution is 6.04. The zero-order chi connectivity index (χ0) is 18.5. The number of hydrogen-bond acceptors (Lipinski definition) is 4. The molecule has 1 atom stereocenters. The normalized spacial score (nSPS) is 23.5. The van der Waals surface area contributed by atoms with E-state index >= 15 is 0 Å². The molecule has 0 N–H and O–H groups in total. The number of piperidine rings is 1. The third kappa shape index (κ3) is 2.76. The highest BCUT2D eigenvalue weighted by Gasteiger charge is 2.54. The molecule has 0 unspecified atom stereocenters. The van der Waals surface area contributed by atoms with Gasteiger partial charge in [-0.25, -0.2) is 0 Å². The van der Waals surface area contributed by atoms with E-state index in [0.29, 0.717) is 0 Å². The summed E-state index contributed by atoms with van der Waals surface area (Å²) in [4.78, 5) is 28.7.